The van der Waals surface area contributed by atoms with Crippen molar-refractivity contribution in [2.45, 2.75) is 19.0 Å². The molecular formula is C12H11F3O. The zero-order chi connectivity index (χ0) is 12.3. The summed E-state index contributed by atoms with van der Waals surface area (Å²) in [5.41, 5.74) is -0.342. The summed E-state index contributed by atoms with van der Waals surface area (Å²) in [6, 6.07) is 3.29. The second-order valence-electron chi connectivity index (χ2n) is 3.34. The van der Waals surface area contributed by atoms with Crippen LogP contribution < -0.4 is 4.74 Å². The lowest BCUT2D eigenvalue weighted by Gasteiger charge is -2.14. The smallest absolute Gasteiger partial charge is 0.416 e. The Bertz CT molecular complexity index is 415. The molecule has 1 unspecified atom stereocenters. The fraction of sp³-hybridized carbons (Fsp3) is 0.333. The van der Waals surface area contributed by atoms with Crippen molar-refractivity contribution in [3.63, 3.8) is 0 Å². The molecule has 0 aromatic heterocycles. The molecule has 0 N–H and O–H groups in total. The highest BCUT2D eigenvalue weighted by Gasteiger charge is 2.31. The van der Waals surface area contributed by atoms with Crippen LogP contribution in [0.2, 0.25) is 0 Å². The van der Waals surface area contributed by atoms with Crippen LogP contribution in [-0.2, 0) is 6.18 Å². The van der Waals surface area contributed by atoms with Crippen LogP contribution in [-0.4, -0.2) is 7.11 Å². The summed E-state index contributed by atoms with van der Waals surface area (Å²) in [7, 11) is 1.40. The van der Waals surface area contributed by atoms with Gasteiger partial charge in [-0.25, -0.2) is 0 Å². The number of hydrogen-bond acceptors (Lipinski definition) is 1. The normalized spacial score (nSPS) is 13.0. The fourth-order valence-corrected chi connectivity index (χ4v) is 1.34. The molecule has 1 rings (SSSR count). The van der Waals surface area contributed by atoms with E-state index in [0.717, 1.165) is 12.1 Å². The quantitative estimate of drug-likeness (QED) is 0.704. The van der Waals surface area contributed by atoms with Gasteiger partial charge in [0.1, 0.15) is 5.75 Å². The van der Waals surface area contributed by atoms with Crippen molar-refractivity contribution in [2.24, 2.45) is 0 Å². The summed E-state index contributed by atoms with van der Waals surface area (Å²) in [5.74, 6) is 2.34. The first-order chi connectivity index (χ1) is 7.40. The largest absolute Gasteiger partial charge is 0.496 e. The van der Waals surface area contributed by atoms with E-state index in [1.54, 1.807) is 6.92 Å². The predicted molar refractivity (Wildman–Crippen MR) is 55.2 cm³/mol. The fourth-order valence-electron chi connectivity index (χ4n) is 1.34. The second kappa shape index (κ2) is 4.48. The van der Waals surface area contributed by atoms with E-state index in [2.05, 4.69) is 5.92 Å². The van der Waals surface area contributed by atoms with Gasteiger partial charge in [-0.05, 0) is 25.1 Å². The van der Waals surface area contributed by atoms with Gasteiger partial charge in [-0.2, -0.15) is 13.2 Å². The zero-order valence-corrected chi connectivity index (χ0v) is 8.93. The highest BCUT2D eigenvalue weighted by Crippen LogP contribution is 2.35. The molecule has 0 spiro atoms. The van der Waals surface area contributed by atoms with Gasteiger partial charge in [-0.3, -0.25) is 0 Å². The number of alkyl halides is 3. The number of halogens is 3. The number of rotatable bonds is 2. The van der Waals surface area contributed by atoms with Crippen molar-refractivity contribution < 1.29 is 17.9 Å². The Hall–Kier alpha value is -1.63. The van der Waals surface area contributed by atoms with Crippen LogP contribution in [0.4, 0.5) is 13.2 Å². The summed E-state index contributed by atoms with van der Waals surface area (Å²) in [6.45, 7) is 1.65. The molecular weight excluding hydrogens is 217 g/mol. The van der Waals surface area contributed by atoms with Gasteiger partial charge in [0.15, 0.2) is 0 Å². The van der Waals surface area contributed by atoms with Crippen molar-refractivity contribution in [3.05, 3.63) is 29.3 Å². The second-order valence-corrected chi connectivity index (χ2v) is 3.34. The van der Waals surface area contributed by atoms with E-state index in [1.165, 1.54) is 13.2 Å². The van der Waals surface area contributed by atoms with Crippen LogP contribution >= 0.6 is 0 Å². The predicted octanol–water partition coefficient (Wildman–Crippen LogP) is 3.45. The maximum absolute atomic E-state index is 12.5. The third-order valence-electron chi connectivity index (χ3n) is 2.27. The summed E-state index contributed by atoms with van der Waals surface area (Å²) < 4.78 is 42.4. The molecule has 0 aliphatic carbocycles. The van der Waals surface area contributed by atoms with Crippen LogP contribution in [0.15, 0.2) is 18.2 Å². The van der Waals surface area contributed by atoms with Gasteiger partial charge in [0, 0.05) is 11.5 Å². The number of terminal acetylenes is 1. The molecule has 86 valence electrons. The maximum Gasteiger partial charge on any atom is 0.416 e. The molecule has 1 atom stereocenters. The average molecular weight is 228 g/mol. The molecule has 4 heteroatoms. The summed E-state index contributed by atoms with van der Waals surface area (Å²) in [5, 5.41) is 0. The minimum absolute atomic E-state index is 0.374. The molecule has 0 heterocycles. The topological polar surface area (TPSA) is 9.23 Å². The van der Waals surface area contributed by atoms with Gasteiger partial charge in [-0.15, -0.1) is 6.42 Å². The van der Waals surface area contributed by atoms with Crippen molar-refractivity contribution >= 4 is 0 Å². The summed E-state index contributed by atoms with van der Waals surface area (Å²) >= 11 is 0. The van der Waals surface area contributed by atoms with E-state index in [9.17, 15) is 13.2 Å². The van der Waals surface area contributed by atoms with Crippen molar-refractivity contribution in [1.29, 1.82) is 0 Å². The average Bonchev–Trinajstić information content (AvgIpc) is 2.25. The molecule has 0 radical (unpaired) electrons. The molecule has 0 saturated heterocycles. The molecule has 0 fully saturated rings. The molecule has 0 saturated carbocycles. The Morgan fingerprint density at radius 1 is 1.38 bits per heavy atom. The third kappa shape index (κ3) is 2.48. The molecule has 0 aliphatic heterocycles. The lowest BCUT2D eigenvalue weighted by molar-refractivity contribution is -0.137. The Morgan fingerprint density at radius 2 is 2.00 bits per heavy atom. The Labute approximate surface area is 92.2 Å². The highest BCUT2D eigenvalue weighted by molar-refractivity contribution is 5.43. The summed E-state index contributed by atoms with van der Waals surface area (Å²) in [4.78, 5) is 0. The van der Waals surface area contributed by atoms with Gasteiger partial charge >= 0.3 is 6.18 Å². The molecule has 0 bridgehead atoms. The Kier molecular flexibility index (Phi) is 3.48. The van der Waals surface area contributed by atoms with Crippen LogP contribution in [0.1, 0.15) is 24.0 Å². The van der Waals surface area contributed by atoms with Gasteiger partial charge in [-0.1, -0.05) is 5.92 Å². The lowest BCUT2D eigenvalue weighted by Crippen LogP contribution is -2.07. The third-order valence-corrected chi connectivity index (χ3v) is 2.27. The maximum atomic E-state index is 12.5. The van der Waals surface area contributed by atoms with E-state index in [4.69, 9.17) is 11.2 Å². The molecule has 0 aliphatic rings. The SMILES string of the molecule is C#CC(C)c1cc(C(F)(F)F)ccc1OC. The van der Waals surface area contributed by atoms with Crippen molar-refractivity contribution in [3.8, 4) is 18.1 Å². The molecule has 1 aromatic carbocycles. The van der Waals surface area contributed by atoms with Crippen LogP contribution in [0.3, 0.4) is 0 Å². The Balaban J connectivity index is 3.28. The van der Waals surface area contributed by atoms with Gasteiger partial charge < -0.3 is 4.74 Å². The van der Waals surface area contributed by atoms with E-state index in [1.807, 2.05) is 0 Å². The lowest BCUT2D eigenvalue weighted by atomic mass is 9.98. The monoisotopic (exact) mass is 228 g/mol. The zero-order valence-electron chi connectivity index (χ0n) is 8.93. The first-order valence-corrected chi connectivity index (χ1v) is 4.61. The number of benzene rings is 1. The number of ether oxygens (including phenoxy) is 1. The first-order valence-electron chi connectivity index (χ1n) is 4.61. The van der Waals surface area contributed by atoms with Crippen molar-refractivity contribution in [1.82, 2.24) is 0 Å². The number of methoxy groups -OCH3 is 1. The first kappa shape index (κ1) is 12.4. The van der Waals surface area contributed by atoms with Crippen LogP contribution in [0.25, 0.3) is 0 Å². The molecule has 1 aromatic rings. The molecule has 16 heavy (non-hydrogen) atoms. The minimum Gasteiger partial charge on any atom is -0.496 e. The minimum atomic E-state index is -4.37. The summed E-state index contributed by atoms with van der Waals surface area (Å²) in [6.07, 6.45) is 0.834. The van der Waals surface area contributed by atoms with Crippen LogP contribution in [0, 0.1) is 12.3 Å². The van der Waals surface area contributed by atoms with Crippen molar-refractivity contribution in [2.75, 3.05) is 7.11 Å². The molecule has 0 amide bonds. The van der Waals surface area contributed by atoms with E-state index in [0.29, 0.717) is 11.3 Å². The standard InChI is InChI=1S/C12H11F3O/c1-4-8(2)10-7-9(12(13,14)15)5-6-11(10)16-3/h1,5-8H,2-3H3. The van der Waals surface area contributed by atoms with Gasteiger partial charge in [0.2, 0.25) is 0 Å². The van der Waals surface area contributed by atoms with E-state index >= 15 is 0 Å². The van der Waals surface area contributed by atoms with Gasteiger partial charge in [0.05, 0.1) is 12.7 Å². The van der Waals surface area contributed by atoms with E-state index < -0.39 is 17.7 Å². The van der Waals surface area contributed by atoms with Gasteiger partial charge in [0.25, 0.3) is 0 Å². The van der Waals surface area contributed by atoms with Crippen LogP contribution in [0.5, 0.6) is 5.75 Å². The molecule has 1 nitrogen and oxygen atoms in total. The Morgan fingerprint density at radius 3 is 2.44 bits per heavy atom. The number of hydrogen-bond donors (Lipinski definition) is 0. The van der Waals surface area contributed by atoms with E-state index in [-0.39, 0.29) is 0 Å². The highest BCUT2D eigenvalue weighted by atomic mass is 19.4.